The van der Waals surface area contributed by atoms with Gasteiger partial charge < -0.3 is 4.74 Å². The van der Waals surface area contributed by atoms with E-state index in [1.165, 1.54) is 0 Å². The molecule has 0 radical (unpaired) electrons. The van der Waals surface area contributed by atoms with Crippen LogP contribution >= 0.6 is 0 Å². The molecule has 0 bridgehead atoms. The molecule has 3 rings (SSSR count). The second-order valence-electron chi connectivity index (χ2n) is 4.95. The molecule has 1 heterocycles. The van der Waals surface area contributed by atoms with E-state index in [1.54, 1.807) is 7.11 Å². The lowest BCUT2D eigenvalue weighted by Crippen LogP contribution is -2.49. The van der Waals surface area contributed by atoms with Gasteiger partial charge in [0.2, 0.25) is 11.8 Å². The number of carbonyl (C=O) groups excluding carboxylic acids is 2. The fraction of sp³-hybridized carbons (Fsp3) is 0.429. The molecule has 1 aliphatic carbocycles. The maximum absolute atomic E-state index is 12.3. The molecule has 4 heteroatoms. The van der Waals surface area contributed by atoms with Crippen LogP contribution in [0.5, 0.6) is 0 Å². The van der Waals surface area contributed by atoms with Crippen LogP contribution in [0.2, 0.25) is 0 Å². The molecule has 1 N–H and O–H groups in total. The number of aryl methyl sites for hydroxylation is 1. The summed E-state index contributed by atoms with van der Waals surface area (Å²) in [5.74, 6) is -0.426. The summed E-state index contributed by atoms with van der Waals surface area (Å²) in [5.41, 5.74) is 1.28. The van der Waals surface area contributed by atoms with E-state index in [0.29, 0.717) is 0 Å². The second-order valence-corrected chi connectivity index (χ2v) is 4.95. The van der Waals surface area contributed by atoms with Gasteiger partial charge in [-0.2, -0.15) is 0 Å². The highest BCUT2D eigenvalue weighted by molar-refractivity contribution is 6.09. The van der Waals surface area contributed by atoms with Gasteiger partial charge in [-0.05, 0) is 24.0 Å². The van der Waals surface area contributed by atoms with E-state index in [-0.39, 0.29) is 24.3 Å². The zero-order valence-electron chi connectivity index (χ0n) is 10.2. The summed E-state index contributed by atoms with van der Waals surface area (Å²) < 4.78 is 5.49. The van der Waals surface area contributed by atoms with Gasteiger partial charge >= 0.3 is 0 Å². The van der Waals surface area contributed by atoms with Gasteiger partial charge in [0.15, 0.2) is 0 Å². The highest BCUT2D eigenvalue weighted by atomic mass is 16.5. The van der Waals surface area contributed by atoms with Crippen molar-refractivity contribution in [3.05, 3.63) is 35.4 Å². The van der Waals surface area contributed by atoms with Crippen molar-refractivity contribution in [2.45, 2.75) is 30.8 Å². The number of carbonyl (C=O) groups is 2. The normalized spacial score (nSPS) is 30.4. The summed E-state index contributed by atoms with van der Waals surface area (Å²) >= 11 is 0. The van der Waals surface area contributed by atoms with Gasteiger partial charge in [0.05, 0.1) is 6.10 Å². The second kappa shape index (κ2) is 3.92. The van der Waals surface area contributed by atoms with Gasteiger partial charge in [0.1, 0.15) is 5.41 Å². The molecule has 1 saturated heterocycles. The summed E-state index contributed by atoms with van der Waals surface area (Å²) in [7, 11) is 1.61. The van der Waals surface area contributed by atoms with Crippen LogP contribution in [0.3, 0.4) is 0 Å². The summed E-state index contributed by atoms with van der Waals surface area (Å²) in [6, 6.07) is 7.85. The molecule has 1 aromatic carbocycles. The van der Waals surface area contributed by atoms with Crippen LogP contribution in [-0.4, -0.2) is 25.0 Å². The highest BCUT2D eigenvalue weighted by Gasteiger charge is 2.55. The van der Waals surface area contributed by atoms with E-state index in [1.807, 2.05) is 24.3 Å². The van der Waals surface area contributed by atoms with Crippen LogP contribution in [-0.2, 0) is 26.2 Å². The Morgan fingerprint density at radius 2 is 2.11 bits per heavy atom. The van der Waals surface area contributed by atoms with Crippen molar-refractivity contribution in [3.63, 3.8) is 0 Å². The number of benzene rings is 1. The first-order valence-electron chi connectivity index (χ1n) is 6.14. The molecule has 2 amide bonds. The first-order chi connectivity index (χ1) is 8.68. The summed E-state index contributed by atoms with van der Waals surface area (Å²) in [5, 5.41) is 2.42. The number of hydrogen-bond acceptors (Lipinski definition) is 3. The maximum atomic E-state index is 12.3. The number of methoxy groups -OCH3 is 1. The third kappa shape index (κ3) is 1.35. The van der Waals surface area contributed by atoms with Crippen molar-refractivity contribution in [2.24, 2.45) is 0 Å². The van der Waals surface area contributed by atoms with Gasteiger partial charge in [0.25, 0.3) is 0 Å². The van der Waals surface area contributed by atoms with Gasteiger partial charge in [-0.15, -0.1) is 0 Å². The Morgan fingerprint density at radius 3 is 2.78 bits per heavy atom. The van der Waals surface area contributed by atoms with E-state index in [2.05, 4.69) is 5.32 Å². The molecule has 1 aliphatic heterocycles. The average Bonchev–Trinajstić information content (AvgIpc) is 2.66. The van der Waals surface area contributed by atoms with Crippen molar-refractivity contribution in [1.29, 1.82) is 0 Å². The van der Waals surface area contributed by atoms with E-state index in [0.717, 1.165) is 24.0 Å². The molecule has 1 fully saturated rings. The average molecular weight is 245 g/mol. The fourth-order valence-electron chi connectivity index (χ4n) is 3.29. The van der Waals surface area contributed by atoms with Crippen LogP contribution in [0.1, 0.15) is 24.0 Å². The Balaban J connectivity index is 2.20. The third-order valence-corrected chi connectivity index (χ3v) is 4.11. The minimum absolute atomic E-state index is 0.196. The first kappa shape index (κ1) is 11.4. The number of ether oxygens (including phenoxy) is 1. The van der Waals surface area contributed by atoms with Crippen LogP contribution < -0.4 is 5.32 Å². The summed E-state index contributed by atoms with van der Waals surface area (Å²) in [6.45, 7) is 0. The molecule has 0 saturated carbocycles. The van der Waals surface area contributed by atoms with E-state index in [4.69, 9.17) is 4.74 Å². The third-order valence-electron chi connectivity index (χ3n) is 4.11. The Morgan fingerprint density at radius 1 is 1.33 bits per heavy atom. The summed E-state index contributed by atoms with van der Waals surface area (Å²) in [6.07, 6.45) is 1.63. The molecule has 94 valence electrons. The number of rotatable bonds is 1. The molecular weight excluding hydrogens is 230 g/mol. The largest absolute Gasteiger partial charge is 0.380 e. The monoisotopic (exact) mass is 245 g/mol. The predicted molar refractivity (Wildman–Crippen MR) is 65.0 cm³/mol. The van der Waals surface area contributed by atoms with Crippen molar-refractivity contribution in [3.8, 4) is 0 Å². The Kier molecular flexibility index (Phi) is 2.48. The van der Waals surface area contributed by atoms with E-state index in [9.17, 15) is 9.59 Å². The molecule has 2 unspecified atom stereocenters. The Hall–Kier alpha value is -1.68. The fourth-order valence-corrected chi connectivity index (χ4v) is 3.29. The highest BCUT2D eigenvalue weighted by Crippen LogP contribution is 2.44. The van der Waals surface area contributed by atoms with Gasteiger partial charge in [0, 0.05) is 13.5 Å². The van der Waals surface area contributed by atoms with Gasteiger partial charge in [-0.1, -0.05) is 24.3 Å². The maximum Gasteiger partial charge on any atom is 0.240 e. The zero-order chi connectivity index (χ0) is 12.8. The van der Waals surface area contributed by atoms with Crippen molar-refractivity contribution in [1.82, 2.24) is 5.32 Å². The van der Waals surface area contributed by atoms with E-state index >= 15 is 0 Å². The van der Waals surface area contributed by atoms with Crippen LogP contribution in [0.25, 0.3) is 0 Å². The summed E-state index contributed by atoms with van der Waals surface area (Å²) in [4.78, 5) is 23.9. The minimum atomic E-state index is -0.819. The smallest absolute Gasteiger partial charge is 0.240 e. The van der Waals surface area contributed by atoms with Crippen LogP contribution in [0, 0.1) is 0 Å². The number of nitrogens with one attached hydrogen (secondary N) is 1. The molecular formula is C14H15NO3. The van der Waals surface area contributed by atoms with Gasteiger partial charge in [-0.25, -0.2) is 0 Å². The molecule has 2 aliphatic rings. The van der Waals surface area contributed by atoms with Crippen molar-refractivity contribution >= 4 is 11.8 Å². The number of amides is 2. The lowest BCUT2D eigenvalue weighted by atomic mass is 9.67. The molecule has 1 spiro atoms. The van der Waals surface area contributed by atoms with E-state index < -0.39 is 5.41 Å². The van der Waals surface area contributed by atoms with Gasteiger partial charge in [-0.3, -0.25) is 14.9 Å². The van der Waals surface area contributed by atoms with Crippen LogP contribution in [0.4, 0.5) is 0 Å². The Bertz CT molecular complexity index is 526. The lowest BCUT2D eigenvalue weighted by Gasteiger charge is -2.39. The molecule has 1 aromatic rings. The quantitative estimate of drug-likeness (QED) is 0.749. The lowest BCUT2D eigenvalue weighted by molar-refractivity contribution is -0.130. The molecule has 18 heavy (non-hydrogen) atoms. The molecule has 4 nitrogen and oxygen atoms in total. The zero-order valence-corrected chi connectivity index (χ0v) is 10.2. The minimum Gasteiger partial charge on any atom is -0.380 e. The van der Waals surface area contributed by atoms with Crippen molar-refractivity contribution in [2.75, 3.05) is 7.11 Å². The first-order valence-corrected chi connectivity index (χ1v) is 6.14. The molecule has 2 atom stereocenters. The number of imide groups is 1. The van der Waals surface area contributed by atoms with Crippen LogP contribution in [0.15, 0.2) is 24.3 Å². The topological polar surface area (TPSA) is 55.4 Å². The Labute approximate surface area is 105 Å². The predicted octanol–water partition coefficient (Wildman–Crippen LogP) is 0.932. The SMILES string of the molecule is COC1CCc2ccccc2C12CC(=O)NC2=O. The number of fused-ring (bicyclic) bond motifs is 2. The number of hydrogen-bond donors (Lipinski definition) is 1. The molecule has 0 aromatic heterocycles. The standard InChI is InChI=1S/C14H15NO3/c1-18-11-7-6-9-4-2-3-5-10(9)14(11)8-12(16)15-13(14)17/h2-5,11H,6-8H2,1H3,(H,15,16,17). The van der Waals surface area contributed by atoms with Crippen molar-refractivity contribution < 1.29 is 14.3 Å².